The Labute approximate surface area is 196 Å². The zero-order chi connectivity index (χ0) is 23.5. The van der Waals surface area contributed by atoms with Gasteiger partial charge in [-0.2, -0.15) is 0 Å². The average Bonchev–Trinajstić information content (AvgIpc) is 3.57. The van der Waals surface area contributed by atoms with E-state index in [1.165, 1.54) is 10.9 Å². The van der Waals surface area contributed by atoms with Gasteiger partial charge in [-0.3, -0.25) is 9.55 Å². The predicted molar refractivity (Wildman–Crippen MR) is 134 cm³/mol. The number of aryl methyl sites for hydroxylation is 2. The lowest BCUT2D eigenvalue weighted by Gasteiger charge is -2.14. The van der Waals surface area contributed by atoms with Crippen LogP contribution >= 0.6 is 0 Å². The van der Waals surface area contributed by atoms with Crippen LogP contribution in [0, 0.1) is 6.92 Å². The third kappa shape index (κ3) is 4.22. The molecule has 34 heavy (non-hydrogen) atoms. The summed E-state index contributed by atoms with van der Waals surface area (Å²) in [5, 5.41) is 15.4. The molecule has 0 saturated heterocycles. The molecule has 4 N–H and O–H groups in total. The van der Waals surface area contributed by atoms with E-state index in [4.69, 9.17) is 0 Å². The number of para-hydroxylation sites is 2. The number of anilines is 1. The molecule has 0 amide bonds. The van der Waals surface area contributed by atoms with Crippen molar-refractivity contribution in [3.8, 4) is 17.0 Å². The number of phenolic OH excluding ortho intramolecular Hbond substituents is 1. The molecule has 0 aliphatic carbocycles. The monoisotopic (exact) mass is 456 g/mol. The molecule has 0 bridgehead atoms. The topological polar surface area (TPSA) is 104 Å². The fraction of sp³-hybridized carbons (Fsp3) is 0.231. The van der Waals surface area contributed by atoms with E-state index >= 15 is 0 Å². The Kier molecular flexibility index (Phi) is 5.95. The lowest BCUT2D eigenvalue weighted by molar-refractivity contribution is 0.472. The van der Waals surface area contributed by atoms with Crippen LogP contribution in [0.1, 0.15) is 17.5 Å². The number of aromatic amines is 2. The number of fused-ring (bicyclic) bond motifs is 1. The summed E-state index contributed by atoms with van der Waals surface area (Å²) in [5.74, 6) is 0.804. The predicted octanol–water partition coefficient (Wildman–Crippen LogP) is 4.28. The van der Waals surface area contributed by atoms with E-state index in [1.54, 1.807) is 17.1 Å². The number of nitrogens with zero attached hydrogens (tertiary/aromatic N) is 3. The van der Waals surface area contributed by atoms with Gasteiger partial charge < -0.3 is 20.0 Å². The second kappa shape index (κ2) is 9.35. The first-order valence-electron chi connectivity index (χ1n) is 11.5. The van der Waals surface area contributed by atoms with Crippen molar-refractivity contribution in [2.24, 2.45) is 0 Å². The van der Waals surface area contributed by atoms with Crippen LogP contribution in [0.2, 0.25) is 0 Å². The molecule has 8 heteroatoms. The quantitative estimate of drug-likeness (QED) is 0.266. The summed E-state index contributed by atoms with van der Waals surface area (Å²) in [4.78, 5) is 23.3. The zero-order valence-corrected chi connectivity index (χ0v) is 19.1. The average molecular weight is 457 g/mol. The molecule has 5 rings (SSSR count). The zero-order valence-electron chi connectivity index (χ0n) is 19.1. The van der Waals surface area contributed by atoms with Gasteiger partial charge in [0.15, 0.2) is 0 Å². The van der Waals surface area contributed by atoms with Gasteiger partial charge in [-0.05, 0) is 43.0 Å². The highest BCUT2D eigenvalue weighted by atomic mass is 16.3. The van der Waals surface area contributed by atoms with Crippen LogP contribution in [-0.2, 0) is 19.5 Å². The van der Waals surface area contributed by atoms with Crippen LogP contribution in [0.3, 0.4) is 0 Å². The van der Waals surface area contributed by atoms with Gasteiger partial charge in [0.1, 0.15) is 11.6 Å². The van der Waals surface area contributed by atoms with Crippen molar-refractivity contribution < 1.29 is 5.11 Å². The molecule has 0 fully saturated rings. The third-order valence-electron chi connectivity index (χ3n) is 6.20. The molecule has 3 aromatic heterocycles. The Balaban J connectivity index is 1.41. The third-order valence-corrected chi connectivity index (χ3v) is 6.20. The number of rotatable bonds is 9. The molecule has 0 unspecified atom stereocenters. The van der Waals surface area contributed by atoms with Crippen molar-refractivity contribution in [1.82, 2.24) is 24.1 Å². The Hall–Kier alpha value is -4.20. The van der Waals surface area contributed by atoms with Gasteiger partial charge >= 0.3 is 5.69 Å². The van der Waals surface area contributed by atoms with Gasteiger partial charge in [0.2, 0.25) is 0 Å². The standard InChI is InChI=1S/C26H28N6O2/c1-18-6-4-8-21(24(18)33)23-25(28-11-10-19-16-29-22-9-3-2-7-20(19)22)30-26(34)32(23)14-5-13-31-15-12-27-17-31/h2-4,6-9,12,15-17,28-29,33H,5,10-11,13-14H2,1H3,(H,30,34). The maximum absolute atomic E-state index is 13.0. The van der Waals surface area contributed by atoms with E-state index in [1.807, 2.05) is 54.2 Å². The van der Waals surface area contributed by atoms with E-state index in [9.17, 15) is 9.90 Å². The molecule has 0 aliphatic rings. The van der Waals surface area contributed by atoms with Crippen LogP contribution in [0.15, 0.2) is 72.2 Å². The van der Waals surface area contributed by atoms with Crippen molar-refractivity contribution in [3.05, 3.63) is 89.0 Å². The number of phenols is 1. The highest BCUT2D eigenvalue weighted by Crippen LogP contribution is 2.35. The molecule has 2 aromatic carbocycles. The summed E-state index contributed by atoms with van der Waals surface area (Å²) in [6.07, 6.45) is 8.99. The first kappa shape index (κ1) is 21.6. The normalized spacial score (nSPS) is 11.3. The lowest BCUT2D eigenvalue weighted by atomic mass is 10.1. The van der Waals surface area contributed by atoms with Crippen LogP contribution < -0.4 is 11.0 Å². The summed E-state index contributed by atoms with van der Waals surface area (Å²) >= 11 is 0. The minimum Gasteiger partial charge on any atom is -0.507 e. The second-order valence-corrected chi connectivity index (χ2v) is 8.47. The number of hydrogen-bond acceptors (Lipinski definition) is 4. The van der Waals surface area contributed by atoms with E-state index < -0.39 is 0 Å². The summed E-state index contributed by atoms with van der Waals surface area (Å²) in [6, 6.07) is 13.8. The van der Waals surface area contributed by atoms with Gasteiger partial charge in [-0.15, -0.1) is 0 Å². The van der Waals surface area contributed by atoms with Gasteiger partial charge in [0.05, 0.1) is 12.0 Å². The van der Waals surface area contributed by atoms with E-state index in [0.29, 0.717) is 30.2 Å². The number of imidazole rings is 2. The van der Waals surface area contributed by atoms with E-state index in [-0.39, 0.29) is 11.4 Å². The fourth-order valence-corrected chi connectivity index (χ4v) is 4.43. The van der Waals surface area contributed by atoms with Crippen molar-refractivity contribution in [2.45, 2.75) is 32.9 Å². The first-order valence-corrected chi connectivity index (χ1v) is 11.5. The van der Waals surface area contributed by atoms with Gasteiger partial charge in [0.25, 0.3) is 0 Å². The Morgan fingerprint density at radius 1 is 1.12 bits per heavy atom. The van der Waals surface area contributed by atoms with Crippen molar-refractivity contribution in [3.63, 3.8) is 0 Å². The molecule has 0 saturated carbocycles. The summed E-state index contributed by atoms with van der Waals surface area (Å²) in [7, 11) is 0. The summed E-state index contributed by atoms with van der Waals surface area (Å²) in [6.45, 7) is 3.76. The molecule has 174 valence electrons. The van der Waals surface area contributed by atoms with Crippen molar-refractivity contribution in [2.75, 3.05) is 11.9 Å². The molecular formula is C26H28N6O2. The minimum absolute atomic E-state index is 0.185. The summed E-state index contributed by atoms with van der Waals surface area (Å²) < 4.78 is 3.70. The Bertz CT molecular complexity index is 1460. The van der Waals surface area contributed by atoms with Gasteiger partial charge in [0, 0.05) is 54.7 Å². The largest absolute Gasteiger partial charge is 0.507 e. The van der Waals surface area contributed by atoms with Crippen molar-refractivity contribution >= 4 is 16.7 Å². The first-order chi connectivity index (χ1) is 16.6. The van der Waals surface area contributed by atoms with Crippen LogP contribution in [-0.4, -0.2) is 35.7 Å². The SMILES string of the molecule is Cc1cccc(-c2c(NCCc3c[nH]c4ccccc34)[nH]c(=O)n2CCCn2ccnc2)c1O. The number of aromatic hydroxyl groups is 1. The second-order valence-electron chi connectivity index (χ2n) is 8.47. The van der Waals surface area contributed by atoms with Crippen LogP contribution in [0.4, 0.5) is 5.82 Å². The number of nitrogens with one attached hydrogen (secondary N) is 3. The lowest BCUT2D eigenvalue weighted by Crippen LogP contribution is -2.18. The minimum atomic E-state index is -0.198. The molecule has 8 nitrogen and oxygen atoms in total. The summed E-state index contributed by atoms with van der Waals surface area (Å²) in [5.41, 5.74) is 4.20. The van der Waals surface area contributed by atoms with Gasteiger partial charge in [-0.1, -0.05) is 30.3 Å². The van der Waals surface area contributed by atoms with Crippen LogP contribution in [0.5, 0.6) is 5.75 Å². The molecule has 0 atom stereocenters. The molecule has 0 aliphatic heterocycles. The van der Waals surface area contributed by atoms with Gasteiger partial charge in [-0.25, -0.2) is 9.78 Å². The maximum Gasteiger partial charge on any atom is 0.327 e. The molecule has 0 radical (unpaired) electrons. The molecule has 3 heterocycles. The Morgan fingerprint density at radius 2 is 2.00 bits per heavy atom. The number of aromatic nitrogens is 5. The maximum atomic E-state index is 13.0. The molecule has 0 spiro atoms. The Morgan fingerprint density at radius 3 is 2.85 bits per heavy atom. The number of hydrogen-bond donors (Lipinski definition) is 4. The smallest absolute Gasteiger partial charge is 0.327 e. The number of benzene rings is 2. The van der Waals surface area contributed by atoms with E-state index in [0.717, 1.165) is 30.5 Å². The van der Waals surface area contributed by atoms with Crippen LogP contribution in [0.25, 0.3) is 22.2 Å². The van der Waals surface area contributed by atoms with E-state index in [2.05, 4.69) is 32.4 Å². The molecule has 5 aromatic rings. The number of H-pyrrole nitrogens is 2. The van der Waals surface area contributed by atoms with Crippen molar-refractivity contribution in [1.29, 1.82) is 0 Å². The highest BCUT2D eigenvalue weighted by molar-refractivity contribution is 5.83. The fourth-order valence-electron chi connectivity index (χ4n) is 4.43. The highest BCUT2D eigenvalue weighted by Gasteiger charge is 2.19. The molecular weight excluding hydrogens is 428 g/mol.